The summed E-state index contributed by atoms with van der Waals surface area (Å²) in [4.78, 5) is 23.2. The summed E-state index contributed by atoms with van der Waals surface area (Å²) in [7, 11) is 0. The molecule has 140 valence electrons. The lowest BCUT2D eigenvalue weighted by Gasteiger charge is -2.07. The van der Waals surface area contributed by atoms with Gasteiger partial charge >= 0.3 is 0 Å². The minimum absolute atomic E-state index is 0.165. The van der Waals surface area contributed by atoms with Gasteiger partial charge in [0.1, 0.15) is 5.76 Å². The van der Waals surface area contributed by atoms with Gasteiger partial charge in [0.15, 0.2) is 4.34 Å². The van der Waals surface area contributed by atoms with Gasteiger partial charge in [0, 0.05) is 18.3 Å². The fourth-order valence-corrected chi connectivity index (χ4v) is 3.67. The van der Waals surface area contributed by atoms with Gasteiger partial charge in [-0.05, 0) is 30.3 Å². The molecule has 10 heteroatoms. The van der Waals surface area contributed by atoms with Crippen molar-refractivity contribution in [2.75, 3.05) is 21.7 Å². The van der Waals surface area contributed by atoms with Crippen molar-refractivity contribution >= 4 is 51.4 Å². The summed E-state index contributed by atoms with van der Waals surface area (Å²) in [5.74, 6) is 0.680. The maximum atomic E-state index is 12.1. The van der Waals surface area contributed by atoms with Gasteiger partial charge in [-0.3, -0.25) is 9.59 Å². The Labute approximate surface area is 163 Å². The molecule has 0 unspecified atom stereocenters. The zero-order valence-electron chi connectivity index (χ0n) is 14.4. The monoisotopic (exact) mass is 403 g/mol. The third-order valence-electron chi connectivity index (χ3n) is 3.19. The number of benzene rings is 1. The lowest BCUT2D eigenvalue weighted by atomic mass is 10.2. The molecule has 8 nitrogen and oxygen atoms in total. The van der Waals surface area contributed by atoms with Crippen LogP contribution in [0.15, 0.2) is 51.4 Å². The first-order valence-electron chi connectivity index (χ1n) is 7.98. The number of carbonyl (C=O) groups is 2. The van der Waals surface area contributed by atoms with E-state index in [2.05, 4.69) is 26.1 Å². The molecule has 0 aliphatic carbocycles. The SMILES string of the molecule is CC(=O)Nc1cccc(NC(=O)CSc2nnc(NCc3ccco3)s2)c1. The van der Waals surface area contributed by atoms with Crippen LogP contribution in [0, 0.1) is 0 Å². The van der Waals surface area contributed by atoms with Gasteiger partial charge in [0.2, 0.25) is 16.9 Å². The van der Waals surface area contributed by atoms with Crippen LogP contribution in [0.3, 0.4) is 0 Å². The van der Waals surface area contributed by atoms with E-state index in [0.29, 0.717) is 27.4 Å². The molecule has 3 rings (SSSR count). The predicted octanol–water partition coefficient (Wildman–Crippen LogP) is 3.43. The summed E-state index contributed by atoms with van der Waals surface area (Å²) in [6.45, 7) is 1.96. The maximum Gasteiger partial charge on any atom is 0.234 e. The largest absolute Gasteiger partial charge is 0.467 e. The lowest BCUT2D eigenvalue weighted by molar-refractivity contribution is -0.114. The molecule has 2 aromatic heterocycles. The summed E-state index contributed by atoms with van der Waals surface area (Å²) >= 11 is 2.68. The molecule has 2 heterocycles. The molecule has 27 heavy (non-hydrogen) atoms. The van der Waals surface area contributed by atoms with Gasteiger partial charge in [-0.25, -0.2) is 0 Å². The van der Waals surface area contributed by atoms with Crippen molar-refractivity contribution in [3.05, 3.63) is 48.4 Å². The van der Waals surface area contributed by atoms with Crippen molar-refractivity contribution in [2.45, 2.75) is 17.8 Å². The summed E-state index contributed by atoms with van der Waals surface area (Å²) in [5.41, 5.74) is 1.24. The summed E-state index contributed by atoms with van der Waals surface area (Å²) in [5, 5.41) is 17.3. The summed E-state index contributed by atoms with van der Waals surface area (Å²) in [6, 6.07) is 10.7. The highest BCUT2D eigenvalue weighted by atomic mass is 32.2. The van der Waals surface area contributed by atoms with Gasteiger partial charge in [0.25, 0.3) is 0 Å². The van der Waals surface area contributed by atoms with Crippen molar-refractivity contribution in [3.8, 4) is 0 Å². The summed E-state index contributed by atoms with van der Waals surface area (Å²) in [6.07, 6.45) is 1.61. The number of amides is 2. The standard InChI is InChI=1S/C17H17N5O3S2/c1-11(23)19-12-4-2-5-13(8-12)20-15(24)10-26-17-22-21-16(27-17)18-9-14-6-3-7-25-14/h2-8H,9-10H2,1H3,(H,18,21)(H,19,23)(H,20,24). The highest BCUT2D eigenvalue weighted by Crippen LogP contribution is 2.26. The number of furan rings is 1. The van der Waals surface area contributed by atoms with E-state index in [0.717, 1.165) is 5.76 Å². The van der Waals surface area contributed by atoms with E-state index in [1.165, 1.54) is 30.0 Å². The molecule has 0 fully saturated rings. The van der Waals surface area contributed by atoms with Crippen LogP contribution in [-0.4, -0.2) is 27.8 Å². The minimum atomic E-state index is -0.166. The van der Waals surface area contributed by atoms with Crippen LogP contribution >= 0.6 is 23.1 Å². The first-order chi connectivity index (χ1) is 13.1. The zero-order chi connectivity index (χ0) is 19.1. The van der Waals surface area contributed by atoms with E-state index in [9.17, 15) is 9.59 Å². The van der Waals surface area contributed by atoms with Crippen LogP contribution in [0.1, 0.15) is 12.7 Å². The second-order valence-corrected chi connectivity index (χ2v) is 7.60. The average Bonchev–Trinajstić information content (AvgIpc) is 3.30. The van der Waals surface area contributed by atoms with Crippen LogP contribution in [0.2, 0.25) is 0 Å². The number of nitrogens with zero attached hydrogens (tertiary/aromatic N) is 2. The van der Waals surface area contributed by atoms with Gasteiger partial charge in [0.05, 0.1) is 18.6 Å². The Morgan fingerprint density at radius 2 is 1.96 bits per heavy atom. The topological polar surface area (TPSA) is 109 Å². The molecule has 0 saturated heterocycles. The van der Waals surface area contributed by atoms with Crippen molar-refractivity contribution in [2.24, 2.45) is 0 Å². The van der Waals surface area contributed by atoms with Gasteiger partial charge in [-0.1, -0.05) is 29.2 Å². The zero-order valence-corrected chi connectivity index (χ0v) is 16.0. The molecule has 2 amide bonds. The average molecular weight is 403 g/mol. The number of hydrogen-bond acceptors (Lipinski definition) is 8. The first kappa shape index (κ1) is 18.9. The quantitative estimate of drug-likeness (QED) is 0.494. The Bertz CT molecular complexity index is 911. The molecular weight excluding hydrogens is 386 g/mol. The Morgan fingerprint density at radius 1 is 1.15 bits per heavy atom. The van der Waals surface area contributed by atoms with Crippen LogP contribution in [-0.2, 0) is 16.1 Å². The Morgan fingerprint density at radius 3 is 2.70 bits per heavy atom. The molecule has 0 spiro atoms. The molecule has 3 aromatic rings. The van der Waals surface area contributed by atoms with Gasteiger partial charge in [-0.15, -0.1) is 10.2 Å². The molecular formula is C17H17N5O3S2. The third-order valence-corrected chi connectivity index (χ3v) is 5.21. The van der Waals surface area contributed by atoms with E-state index < -0.39 is 0 Å². The number of rotatable bonds is 8. The lowest BCUT2D eigenvalue weighted by Crippen LogP contribution is -2.14. The molecule has 0 bridgehead atoms. The normalized spacial score (nSPS) is 10.4. The number of carbonyl (C=O) groups excluding carboxylic acids is 2. The molecule has 0 aliphatic rings. The molecule has 0 aliphatic heterocycles. The van der Waals surface area contributed by atoms with E-state index >= 15 is 0 Å². The molecule has 3 N–H and O–H groups in total. The van der Waals surface area contributed by atoms with E-state index in [1.54, 1.807) is 30.5 Å². The first-order valence-corrected chi connectivity index (χ1v) is 9.79. The van der Waals surface area contributed by atoms with E-state index in [1.807, 2.05) is 12.1 Å². The van der Waals surface area contributed by atoms with Crippen LogP contribution in [0.25, 0.3) is 0 Å². The fourth-order valence-electron chi connectivity index (χ4n) is 2.12. The van der Waals surface area contributed by atoms with E-state index in [4.69, 9.17) is 4.42 Å². The van der Waals surface area contributed by atoms with Crippen molar-refractivity contribution in [1.82, 2.24) is 10.2 Å². The minimum Gasteiger partial charge on any atom is -0.467 e. The predicted molar refractivity (Wildman–Crippen MR) is 106 cm³/mol. The van der Waals surface area contributed by atoms with E-state index in [-0.39, 0.29) is 17.6 Å². The number of aromatic nitrogens is 2. The second-order valence-electron chi connectivity index (χ2n) is 5.40. The van der Waals surface area contributed by atoms with Gasteiger partial charge in [-0.2, -0.15) is 0 Å². The number of thioether (sulfide) groups is 1. The van der Waals surface area contributed by atoms with Crippen molar-refractivity contribution in [3.63, 3.8) is 0 Å². The molecule has 0 radical (unpaired) electrons. The van der Waals surface area contributed by atoms with Crippen LogP contribution in [0.4, 0.5) is 16.5 Å². The Kier molecular flexibility index (Phi) is 6.44. The number of nitrogens with one attached hydrogen (secondary N) is 3. The smallest absolute Gasteiger partial charge is 0.234 e. The molecule has 1 aromatic carbocycles. The second kappa shape index (κ2) is 9.19. The molecule has 0 atom stereocenters. The van der Waals surface area contributed by atoms with Gasteiger partial charge < -0.3 is 20.4 Å². The summed E-state index contributed by atoms with van der Waals surface area (Å²) < 4.78 is 5.93. The van der Waals surface area contributed by atoms with Crippen molar-refractivity contribution < 1.29 is 14.0 Å². The third kappa shape index (κ3) is 6.12. The highest BCUT2D eigenvalue weighted by molar-refractivity contribution is 8.01. The highest BCUT2D eigenvalue weighted by Gasteiger charge is 2.09. The van der Waals surface area contributed by atoms with Crippen molar-refractivity contribution in [1.29, 1.82) is 0 Å². The van der Waals surface area contributed by atoms with Crippen LogP contribution in [0.5, 0.6) is 0 Å². The maximum absolute atomic E-state index is 12.1. The number of anilines is 3. The Hall–Kier alpha value is -2.85. The van der Waals surface area contributed by atoms with Crippen LogP contribution < -0.4 is 16.0 Å². The number of hydrogen-bond donors (Lipinski definition) is 3. The fraction of sp³-hybridized carbons (Fsp3) is 0.176. The Balaban J connectivity index is 1.46. The molecule has 0 saturated carbocycles.